The Bertz CT molecular complexity index is 1380. The van der Waals surface area contributed by atoms with Gasteiger partial charge in [-0.1, -0.05) is 67.3 Å². The first-order valence-electron chi connectivity index (χ1n) is 12.6. The van der Waals surface area contributed by atoms with Crippen LogP contribution in [-0.2, 0) is 10.0 Å². The molecule has 1 N–H and O–H groups in total. The summed E-state index contributed by atoms with van der Waals surface area (Å²) in [7, 11) is -3.63. The van der Waals surface area contributed by atoms with Crippen LogP contribution in [0.15, 0.2) is 71.1 Å². The molecule has 0 amide bonds. The van der Waals surface area contributed by atoms with Crippen LogP contribution in [0.4, 0.5) is 0 Å². The molecule has 2 heterocycles. The van der Waals surface area contributed by atoms with Crippen molar-refractivity contribution < 1.29 is 18.3 Å². The predicted octanol–water partition coefficient (Wildman–Crippen LogP) is 6.85. The standard InChI is InChI=1S/C29H31NO4S2/c1-20-12-14-23(15-13-20)36(33,34)30-17-16-24(26(19-30)21-8-4-2-5-9-21)25-18-27(35-28(25)29(31)32)22-10-6-3-7-11-22/h3,6-7,10-15,18,21H,2,4-5,8-9,16-17,19H2,1H3,(H,31,32). The molecule has 1 aliphatic carbocycles. The topological polar surface area (TPSA) is 74.7 Å². The Kier molecular flexibility index (Phi) is 7.15. The average Bonchev–Trinajstić information content (AvgIpc) is 3.35. The number of carboxylic acid groups (broad SMARTS) is 1. The van der Waals surface area contributed by atoms with E-state index in [1.165, 1.54) is 17.8 Å². The van der Waals surface area contributed by atoms with Gasteiger partial charge in [0, 0.05) is 23.5 Å². The normalized spacial score (nSPS) is 17.9. The molecule has 7 heteroatoms. The summed E-state index contributed by atoms with van der Waals surface area (Å²) in [5, 5.41) is 10.1. The number of thiophene rings is 1. The van der Waals surface area contributed by atoms with Crippen LogP contribution in [0.25, 0.3) is 16.0 Å². The fourth-order valence-electron chi connectivity index (χ4n) is 5.48. The molecule has 1 aliphatic heterocycles. The van der Waals surface area contributed by atoms with Crippen molar-refractivity contribution in [3.63, 3.8) is 0 Å². The summed E-state index contributed by atoms with van der Waals surface area (Å²) in [5.74, 6) is -0.645. The number of carbonyl (C=O) groups is 1. The molecule has 188 valence electrons. The zero-order valence-electron chi connectivity index (χ0n) is 20.4. The lowest BCUT2D eigenvalue weighted by Crippen LogP contribution is -2.38. The third-order valence-corrected chi connectivity index (χ3v) is 10.4. The highest BCUT2D eigenvalue weighted by Gasteiger charge is 2.35. The summed E-state index contributed by atoms with van der Waals surface area (Å²) in [5.41, 5.74) is 4.92. The van der Waals surface area contributed by atoms with Crippen LogP contribution in [0.5, 0.6) is 0 Å². The average molecular weight is 522 g/mol. The lowest BCUT2D eigenvalue weighted by Gasteiger charge is -2.35. The molecule has 0 radical (unpaired) electrons. The second-order valence-corrected chi connectivity index (χ2v) is 12.8. The quantitative estimate of drug-likeness (QED) is 0.385. The number of hydrogen-bond donors (Lipinski definition) is 1. The smallest absolute Gasteiger partial charge is 0.346 e. The van der Waals surface area contributed by atoms with Gasteiger partial charge < -0.3 is 5.11 Å². The number of carboxylic acids is 1. The van der Waals surface area contributed by atoms with Crippen LogP contribution in [0.3, 0.4) is 0 Å². The number of aryl methyl sites for hydroxylation is 1. The van der Waals surface area contributed by atoms with Crippen molar-refractivity contribution in [3.8, 4) is 10.4 Å². The highest BCUT2D eigenvalue weighted by Crippen LogP contribution is 2.43. The molecule has 1 saturated carbocycles. The van der Waals surface area contributed by atoms with Crippen molar-refractivity contribution >= 4 is 32.9 Å². The van der Waals surface area contributed by atoms with E-state index in [9.17, 15) is 18.3 Å². The van der Waals surface area contributed by atoms with Crippen LogP contribution in [0.1, 0.15) is 59.3 Å². The molecule has 1 fully saturated rings. The predicted molar refractivity (Wildman–Crippen MR) is 145 cm³/mol. The van der Waals surface area contributed by atoms with E-state index in [-0.39, 0.29) is 5.92 Å². The number of hydrogen-bond acceptors (Lipinski definition) is 4. The molecule has 5 nitrogen and oxygen atoms in total. The maximum Gasteiger partial charge on any atom is 0.346 e. The Balaban J connectivity index is 1.58. The summed E-state index contributed by atoms with van der Waals surface area (Å²) in [6.07, 6.45) is 6.00. The van der Waals surface area contributed by atoms with E-state index in [1.807, 2.05) is 55.5 Å². The molecule has 0 unspecified atom stereocenters. The van der Waals surface area contributed by atoms with E-state index in [0.29, 0.717) is 29.3 Å². The lowest BCUT2D eigenvalue weighted by molar-refractivity contribution is 0.0701. The minimum absolute atomic E-state index is 0.284. The van der Waals surface area contributed by atoms with Crippen LogP contribution in [-0.4, -0.2) is 36.9 Å². The van der Waals surface area contributed by atoms with Crippen molar-refractivity contribution in [1.29, 1.82) is 0 Å². The maximum absolute atomic E-state index is 13.5. The van der Waals surface area contributed by atoms with Gasteiger partial charge in [-0.15, -0.1) is 11.3 Å². The maximum atomic E-state index is 13.5. The summed E-state index contributed by atoms with van der Waals surface area (Å²) in [6.45, 7) is 2.61. The fraction of sp³-hybridized carbons (Fsp3) is 0.345. The first kappa shape index (κ1) is 24.9. The zero-order valence-corrected chi connectivity index (χ0v) is 22.1. The van der Waals surface area contributed by atoms with Gasteiger partial charge in [-0.2, -0.15) is 4.31 Å². The monoisotopic (exact) mass is 521 g/mol. The van der Waals surface area contributed by atoms with Crippen LogP contribution in [0.2, 0.25) is 0 Å². The van der Waals surface area contributed by atoms with Gasteiger partial charge in [0.2, 0.25) is 10.0 Å². The van der Waals surface area contributed by atoms with E-state index >= 15 is 0 Å². The first-order chi connectivity index (χ1) is 17.3. The summed E-state index contributed by atoms with van der Waals surface area (Å²) in [6, 6.07) is 18.9. The number of aromatic carboxylic acids is 1. The highest BCUT2D eigenvalue weighted by atomic mass is 32.2. The van der Waals surface area contributed by atoms with Crippen molar-refractivity contribution in [2.75, 3.05) is 13.1 Å². The van der Waals surface area contributed by atoms with Crippen molar-refractivity contribution in [3.05, 3.63) is 82.2 Å². The molecule has 2 aliphatic rings. The van der Waals surface area contributed by atoms with Crippen molar-refractivity contribution in [2.45, 2.75) is 50.3 Å². The summed E-state index contributed by atoms with van der Waals surface area (Å²) >= 11 is 1.30. The van der Waals surface area contributed by atoms with Crippen LogP contribution in [0, 0.1) is 12.8 Å². The van der Waals surface area contributed by atoms with E-state index in [2.05, 4.69) is 0 Å². The molecule has 1 aromatic heterocycles. The largest absolute Gasteiger partial charge is 0.477 e. The minimum atomic E-state index is -3.63. The highest BCUT2D eigenvalue weighted by molar-refractivity contribution is 7.89. The van der Waals surface area contributed by atoms with Gasteiger partial charge in [-0.3, -0.25) is 0 Å². The second kappa shape index (κ2) is 10.3. The number of nitrogens with zero attached hydrogens (tertiary/aromatic N) is 1. The third kappa shape index (κ3) is 4.92. The van der Waals surface area contributed by atoms with Gasteiger partial charge in [0.05, 0.1) is 4.90 Å². The molecule has 36 heavy (non-hydrogen) atoms. The van der Waals surface area contributed by atoms with Gasteiger partial charge in [-0.25, -0.2) is 13.2 Å². The molecule has 0 atom stereocenters. The molecule has 3 aromatic rings. The van der Waals surface area contributed by atoms with E-state index in [0.717, 1.165) is 58.4 Å². The third-order valence-electron chi connectivity index (χ3n) is 7.41. The number of rotatable bonds is 6. The molecule has 0 saturated heterocycles. The van der Waals surface area contributed by atoms with E-state index < -0.39 is 16.0 Å². The molecular formula is C29H31NO4S2. The zero-order chi connectivity index (χ0) is 25.3. The SMILES string of the molecule is Cc1ccc(S(=O)(=O)N2CCC(c3cc(-c4ccccc4)sc3C(=O)O)=C(C3CCCCC3)C2)cc1. The molecule has 0 bridgehead atoms. The van der Waals surface area contributed by atoms with Gasteiger partial charge >= 0.3 is 5.97 Å². The number of benzene rings is 2. The molecule has 2 aromatic carbocycles. The fourth-order valence-corrected chi connectivity index (χ4v) is 7.93. The Morgan fingerprint density at radius 2 is 1.69 bits per heavy atom. The molecule has 0 spiro atoms. The molecular weight excluding hydrogens is 490 g/mol. The summed E-state index contributed by atoms with van der Waals surface area (Å²) in [4.78, 5) is 13.9. The Morgan fingerprint density at radius 3 is 2.36 bits per heavy atom. The summed E-state index contributed by atoms with van der Waals surface area (Å²) < 4.78 is 28.7. The minimum Gasteiger partial charge on any atom is -0.477 e. The van der Waals surface area contributed by atoms with Gasteiger partial charge in [-0.05, 0) is 67.0 Å². The van der Waals surface area contributed by atoms with E-state index in [4.69, 9.17) is 0 Å². The number of sulfonamides is 1. The first-order valence-corrected chi connectivity index (χ1v) is 14.8. The molecule has 5 rings (SSSR count). The van der Waals surface area contributed by atoms with Gasteiger partial charge in [0.1, 0.15) is 4.88 Å². The van der Waals surface area contributed by atoms with Crippen LogP contribution >= 0.6 is 11.3 Å². The van der Waals surface area contributed by atoms with E-state index in [1.54, 1.807) is 16.4 Å². The second-order valence-electron chi connectivity index (χ2n) is 9.76. The van der Waals surface area contributed by atoms with Crippen molar-refractivity contribution in [1.82, 2.24) is 4.31 Å². The Hall–Kier alpha value is -2.74. The van der Waals surface area contributed by atoms with Crippen molar-refractivity contribution in [2.24, 2.45) is 5.92 Å². The van der Waals surface area contributed by atoms with Gasteiger partial charge in [0.15, 0.2) is 0 Å². The Morgan fingerprint density at radius 1 is 1.00 bits per heavy atom. The lowest BCUT2D eigenvalue weighted by atomic mass is 9.78. The van der Waals surface area contributed by atoms with Crippen LogP contribution < -0.4 is 0 Å². The van der Waals surface area contributed by atoms with Gasteiger partial charge in [0.25, 0.3) is 0 Å². The Labute approximate surface area is 217 Å².